The molecule has 2 aliphatic heterocycles. The van der Waals surface area contributed by atoms with Gasteiger partial charge in [0.1, 0.15) is 0 Å². The van der Waals surface area contributed by atoms with E-state index in [1.54, 1.807) is 9.12 Å². The lowest BCUT2D eigenvalue weighted by Gasteiger charge is -2.28. The van der Waals surface area contributed by atoms with Crippen molar-refractivity contribution in [1.29, 1.82) is 0 Å². The van der Waals surface area contributed by atoms with E-state index in [0.717, 1.165) is 77.0 Å². The van der Waals surface area contributed by atoms with E-state index >= 15 is 0 Å². The van der Waals surface area contributed by atoms with E-state index in [0.29, 0.717) is 0 Å². The van der Waals surface area contributed by atoms with Crippen molar-refractivity contribution in [2.24, 2.45) is 0 Å². The van der Waals surface area contributed by atoms with Gasteiger partial charge in [-0.2, -0.15) is 0 Å². The van der Waals surface area contributed by atoms with Gasteiger partial charge in [-0.15, -0.1) is 0 Å². The van der Waals surface area contributed by atoms with Crippen LogP contribution in [0, 0.1) is 6.92 Å². The first kappa shape index (κ1) is 22.8. The molecule has 0 aliphatic carbocycles. The summed E-state index contributed by atoms with van der Waals surface area (Å²) in [6.45, 7) is 10.4. The van der Waals surface area contributed by atoms with Gasteiger partial charge in [-0.25, -0.2) is 4.98 Å². The zero-order valence-electron chi connectivity index (χ0n) is 18.3. The number of aromatic nitrogens is 2. The number of hydrogen-bond acceptors (Lipinski definition) is 5. The van der Waals surface area contributed by atoms with Crippen molar-refractivity contribution in [3.05, 3.63) is 89.0 Å². The smallest absolute Gasteiger partial charge is 0.151 e. The lowest BCUT2D eigenvalue weighted by atomic mass is 10.0. The Balaban J connectivity index is 1.45. The maximum Gasteiger partial charge on any atom is 0.151 e. The number of allylic oxidation sites excluding steroid dienone is 3. The molecule has 2 aliphatic rings. The summed E-state index contributed by atoms with van der Waals surface area (Å²) in [7, 11) is 1.62. The van der Waals surface area contributed by atoms with Crippen molar-refractivity contribution in [3.63, 3.8) is 0 Å². The van der Waals surface area contributed by atoms with Crippen LogP contribution in [0.4, 0.5) is 5.69 Å². The van der Waals surface area contributed by atoms with Gasteiger partial charge in [0.05, 0.1) is 25.1 Å². The van der Waals surface area contributed by atoms with Crippen LogP contribution in [0.25, 0.3) is 16.6 Å². The van der Waals surface area contributed by atoms with Crippen LogP contribution in [0.3, 0.4) is 0 Å². The van der Waals surface area contributed by atoms with Crippen LogP contribution in [-0.4, -0.2) is 40.2 Å². The van der Waals surface area contributed by atoms with Crippen LogP contribution in [0.2, 0.25) is 5.02 Å². The standard InChI is InChI=1S/C25H24ClIN4OS/c1-17-9-19(12-21(26)10-17)15-30-4-3-20(11-18(30)2)24-16-31(33-27)25-23(24)13-22(14-28-25)29-5-7-32-8-6-29/h3-4,9-14,16H,2,5-8,15H2,1H3. The number of rotatable bonds is 5. The Labute approximate surface area is 215 Å². The van der Waals surface area contributed by atoms with Crippen LogP contribution in [0.5, 0.6) is 0 Å². The number of morpholine rings is 1. The number of anilines is 1. The zero-order chi connectivity index (χ0) is 22.9. The molecule has 1 saturated heterocycles. The highest BCUT2D eigenvalue weighted by Gasteiger charge is 2.19. The van der Waals surface area contributed by atoms with Crippen molar-refractivity contribution in [1.82, 2.24) is 13.9 Å². The lowest BCUT2D eigenvalue weighted by molar-refractivity contribution is 0.122. The van der Waals surface area contributed by atoms with Gasteiger partial charge < -0.3 is 14.5 Å². The number of fused-ring (bicyclic) bond motifs is 1. The quantitative estimate of drug-likeness (QED) is 0.313. The molecule has 0 spiro atoms. The van der Waals surface area contributed by atoms with E-state index in [2.05, 4.69) is 85.2 Å². The van der Waals surface area contributed by atoms with Crippen molar-refractivity contribution >= 4 is 64.2 Å². The van der Waals surface area contributed by atoms with Crippen LogP contribution < -0.4 is 4.90 Å². The highest BCUT2D eigenvalue weighted by molar-refractivity contribution is 14.2. The molecule has 5 rings (SSSR count). The molecule has 3 aromatic rings. The van der Waals surface area contributed by atoms with E-state index in [9.17, 15) is 0 Å². The average molecular weight is 591 g/mol. The van der Waals surface area contributed by atoms with Crippen molar-refractivity contribution in [3.8, 4) is 0 Å². The third-order valence-electron chi connectivity index (χ3n) is 5.94. The summed E-state index contributed by atoms with van der Waals surface area (Å²) in [4.78, 5) is 9.30. The number of ether oxygens (including phenoxy) is 1. The summed E-state index contributed by atoms with van der Waals surface area (Å²) in [6.07, 6.45) is 10.5. The third-order valence-corrected chi connectivity index (χ3v) is 7.86. The fraction of sp³-hybridized carbons (Fsp3) is 0.240. The summed E-state index contributed by atoms with van der Waals surface area (Å²) >= 11 is 8.56. The van der Waals surface area contributed by atoms with Gasteiger partial charge in [0.2, 0.25) is 0 Å². The topological polar surface area (TPSA) is 33.5 Å². The fourth-order valence-electron chi connectivity index (χ4n) is 4.34. The van der Waals surface area contributed by atoms with Gasteiger partial charge >= 0.3 is 0 Å². The Morgan fingerprint density at radius 1 is 1.21 bits per heavy atom. The first-order chi connectivity index (χ1) is 16.0. The molecular formula is C25H24ClIN4OS. The monoisotopic (exact) mass is 590 g/mol. The van der Waals surface area contributed by atoms with E-state index in [1.807, 2.05) is 18.3 Å². The van der Waals surface area contributed by atoms with E-state index in [4.69, 9.17) is 21.3 Å². The predicted molar refractivity (Wildman–Crippen MR) is 148 cm³/mol. The number of nitrogens with zero attached hydrogens (tertiary/aromatic N) is 4. The molecule has 2 aromatic heterocycles. The highest BCUT2D eigenvalue weighted by atomic mass is 127. The van der Waals surface area contributed by atoms with Crippen LogP contribution in [0.1, 0.15) is 16.7 Å². The number of pyridine rings is 1. The minimum Gasteiger partial charge on any atom is -0.378 e. The third kappa shape index (κ3) is 4.82. The molecule has 8 heteroatoms. The molecule has 0 N–H and O–H groups in total. The molecule has 33 heavy (non-hydrogen) atoms. The summed E-state index contributed by atoms with van der Waals surface area (Å²) in [5.74, 6) is 0. The summed E-state index contributed by atoms with van der Waals surface area (Å²) < 4.78 is 7.63. The van der Waals surface area contributed by atoms with Crippen molar-refractivity contribution in [2.45, 2.75) is 13.5 Å². The molecular weight excluding hydrogens is 567 g/mol. The Bertz CT molecular complexity index is 1260. The zero-order valence-corrected chi connectivity index (χ0v) is 22.0. The lowest BCUT2D eigenvalue weighted by Crippen LogP contribution is -2.36. The summed E-state index contributed by atoms with van der Waals surface area (Å²) in [5, 5.41) is 1.91. The number of hydrogen-bond donors (Lipinski definition) is 0. The maximum absolute atomic E-state index is 6.26. The number of benzene rings is 1. The molecule has 5 nitrogen and oxygen atoms in total. The molecule has 4 heterocycles. The van der Waals surface area contributed by atoms with Gasteiger partial charge in [0.15, 0.2) is 5.65 Å². The molecule has 170 valence electrons. The molecule has 0 saturated carbocycles. The molecule has 0 atom stereocenters. The predicted octanol–water partition coefficient (Wildman–Crippen LogP) is 6.61. The first-order valence-electron chi connectivity index (χ1n) is 10.8. The second-order valence-corrected chi connectivity index (χ2v) is 10.4. The second kappa shape index (κ2) is 9.74. The number of halogens is 2. The van der Waals surface area contributed by atoms with E-state index < -0.39 is 0 Å². The molecule has 1 fully saturated rings. The highest BCUT2D eigenvalue weighted by Crippen LogP contribution is 2.36. The average Bonchev–Trinajstić information content (AvgIpc) is 3.18. The minimum atomic E-state index is 0.731. The molecule has 0 unspecified atom stereocenters. The van der Waals surface area contributed by atoms with Gasteiger partial charge in [0.25, 0.3) is 0 Å². The van der Waals surface area contributed by atoms with Crippen LogP contribution in [-0.2, 0) is 11.3 Å². The van der Waals surface area contributed by atoms with Crippen molar-refractivity contribution < 1.29 is 4.74 Å². The maximum atomic E-state index is 6.26. The minimum absolute atomic E-state index is 0.731. The van der Waals surface area contributed by atoms with Crippen LogP contribution in [0.15, 0.2) is 67.3 Å². The van der Waals surface area contributed by atoms with Gasteiger partial charge in [0, 0.05) is 84.0 Å². The number of aryl methyl sites for hydroxylation is 1. The SMILES string of the molecule is C=C1C=C(c2cn(SI)c3ncc(N4CCOCC4)cc23)C=CN1Cc1cc(C)cc(Cl)c1. The Morgan fingerprint density at radius 3 is 2.76 bits per heavy atom. The Morgan fingerprint density at radius 2 is 2.03 bits per heavy atom. The summed E-state index contributed by atoms with van der Waals surface area (Å²) in [5.41, 5.74) is 7.68. The van der Waals surface area contributed by atoms with Gasteiger partial charge in [-0.3, -0.25) is 3.97 Å². The van der Waals surface area contributed by atoms with E-state index in [1.165, 1.54) is 5.56 Å². The largest absolute Gasteiger partial charge is 0.378 e. The second-order valence-electron chi connectivity index (χ2n) is 8.27. The van der Waals surface area contributed by atoms with Crippen LogP contribution >= 0.6 is 41.9 Å². The van der Waals surface area contributed by atoms with E-state index in [-0.39, 0.29) is 0 Å². The molecule has 1 aromatic carbocycles. The van der Waals surface area contributed by atoms with Crippen molar-refractivity contribution in [2.75, 3.05) is 31.2 Å². The van der Waals surface area contributed by atoms with Gasteiger partial charge in [-0.05, 0) is 54.0 Å². The molecule has 0 amide bonds. The molecule has 0 bridgehead atoms. The summed E-state index contributed by atoms with van der Waals surface area (Å²) in [6, 6.07) is 8.41. The molecule has 0 radical (unpaired) electrons. The Kier molecular flexibility index (Phi) is 6.74. The fourth-order valence-corrected chi connectivity index (χ4v) is 5.91. The normalized spacial score (nSPS) is 16.6. The Hall–Kier alpha value is -1.94. The van der Waals surface area contributed by atoms with Gasteiger partial charge in [-0.1, -0.05) is 24.2 Å². The first-order valence-corrected chi connectivity index (χ1v) is 14.5.